The summed E-state index contributed by atoms with van der Waals surface area (Å²) in [6, 6.07) is 12.3. The lowest BCUT2D eigenvalue weighted by Crippen LogP contribution is -2.68. The molecule has 8 heteroatoms. The Morgan fingerprint density at radius 2 is 1.69 bits per heavy atom. The number of carbonyl (C=O) groups excluding carboxylic acids is 2. The molecule has 2 amide bonds. The molecule has 8 nitrogen and oxygen atoms in total. The molecule has 42 heavy (non-hydrogen) atoms. The summed E-state index contributed by atoms with van der Waals surface area (Å²) in [4.78, 5) is 34.3. The molecule has 228 valence electrons. The van der Waals surface area contributed by atoms with Crippen LogP contribution in [0.3, 0.4) is 0 Å². The number of carbonyl (C=O) groups is 2. The minimum Gasteiger partial charge on any atom is -0.508 e. The number of piperazine rings is 1. The molecule has 2 aromatic carbocycles. The van der Waals surface area contributed by atoms with Crippen molar-refractivity contribution in [2.75, 3.05) is 19.6 Å². The van der Waals surface area contributed by atoms with Gasteiger partial charge in [0.15, 0.2) is 0 Å². The number of amides is 2. The molecular formula is C34H47N3O5. The number of nitrogens with zero attached hydrogens (tertiary/aromatic N) is 3. The highest BCUT2D eigenvalue weighted by Crippen LogP contribution is 2.44. The molecule has 0 aliphatic carbocycles. The van der Waals surface area contributed by atoms with Crippen LogP contribution in [0.15, 0.2) is 42.5 Å². The summed E-state index contributed by atoms with van der Waals surface area (Å²) >= 11 is 0. The minimum absolute atomic E-state index is 0.0211. The van der Waals surface area contributed by atoms with Gasteiger partial charge in [-0.25, -0.2) is 4.79 Å². The Kier molecular flexibility index (Phi) is 7.98. The van der Waals surface area contributed by atoms with Gasteiger partial charge < -0.3 is 19.8 Å². The summed E-state index contributed by atoms with van der Waals surface area (Å²) in [5, 5.41) is 20.4. The lowest BCUT2D eigenvalue weighted by atomic mass is 9.65. The summed E-state index contributed by atoms with van der Waals surface area (Å²) in [5.74, 6) is 0.985. The lowest BCUT2D eigenvalue weighted by Gasteiger charge is -2.56. The van der Waals surface area contributed by atoms with Crippen molar-refractivity contribution in [2.24, 2.45) is 11.8 Å². The second-order valence-electron chi connectivity index (χ2n) is 14.3. The number of hydrogen-bond donors (Lipinski definition) is 2. The lowest BCUT2D eigenvalue weighted by molar-refractivity contribution is -0.148. The van der Waals surface area contributed by atoms with Crippen molar-refractivity contribution in [1.82, 2.24) is 14.7 Å². The average Bonchev–Trinajstić information content (AvgIpc) is 2.91. The summed E-state index contributed by atoms with van der Waals surface area (Å²) in [6.07, 6.45) is 0.730. The fraction of sp³-hybridized carbons (Fsp3) is 0.588. The van der Waals surface area contributed by atoms with E-state index in [1.165, 1.54) is 0 Å². The standard InChI is InChI=1S/C34H47N3O5/c1-21(2)30-20-35-17-22(3)34(7,25-9-8-10-27(38)15-25)16-26(35)19-36(30)31(40)29-14-23-11-12-28(39)13-24(23)18-37(29)32(41)42-33(4,5)6/h8-13,15,21-22,26,29-30,38-39H,14,16-20H2,1-7H3/t22-,26+,29+,30+,34+/m0/s1. The van der Waals surface area contributed by atoms with Gasteiger partial charge in [0.05, 0.1) is 6.54 Å². The monoisotopic (exact) mass is 577 g/mol. The number of phenols is 2. The van der Waals surface area contributed by atoms with E-state index in [1.54, 1.807) is 23.1 Å². The first kappa shape index (κ1) is 30.2. The third kappa shape index (κ3) is 5.83. The van der Waals surface area contributed by atoms with Crippen LogP contribution >= 0.6 is 0 Å². The van der Waals surface area contributed by atoms with E-state index in [1.807, 2.05) is 43.9 Å². The molecule has 0 saturated carbocycles. The second kappa shape index (κ2) is 11.1. The highest BCUT2D eigenvalue weighted by atomic mass is 16.6. The van der Waals surface area contributed by atoms with Crippen molar-refractivity contribution in [1.29, 1.82) is 0 Å². The van der Waals surface area contributed by atoms with Gasteiger partial charge in [0, 0.05) is 38.1 Å². The Hall–Kier alpha value is -3.26. The van der Waals surface area contributed by atoms with E-state index in [0.29, 0.717) is 18.9 Å². The van der Waals surface area contributed by atoms with Gasteiger partial charge in [-0.15, -0.1) is 0 Å². The van der Waals surface area contributed by atoms with E-state index in [9.17, 15) is 19.8 Å². The quantitative estimate of drug-likeness (QED) is 0.515. The van der Waals surface area contributed by atoms with Crippen molar-refractivity contribution >= 4 is 12.0 Å². The molecule has 2 N–H and O–H groups in total. The molecule has 0 radical (unpaired) electrons. The third-order valence-corrected chi connectivity index (χ3v) is 9.79. The zero-order valence-electron chi connectivity index (χ0n) is 26.1. The predicted molar refractivity (Wildman–Crippen MR) is 162 cm³/mol. The molecule has 0 aromatic heterocycles. The zero-order chi connectivity index (χ0) is 30.6. The van der Waals surface area contributed by atoms with Crippen LogP contribution in [0, 0.1) is 11.8 Å². The molecule has 0 spiro atoms. The van der Waals surface area contributed by atoms with Crippen LogP contribution in [-0.4, -0.2) is 80.3 Å². The molecule has 0 bridgehead atoms. The normalized spacial score (nSPS) is 28.3. The zero-order valence-corrected chi connectivity index (χ0v) is 26.1. The van der Waals surface area contributed by atoms with Crippen molar-refractivity contribution in [3.8, 4) is 11.5 Å². The molecular weight excluding hydrogens is 530 g/mol. The van der Waals surface area contributed by atoms with Gasteiger partial charge in [0.2, 0.25) is 5.91 Å². The Labute approximate surface area is 250 Å². The van der Waals surface area contributed by atoms with Crippen LogP contribution in [0.25, 0.3) is 0 Å². The first-order chi connectivity index (χ1) is 19.7. The molecule has 5 atom stereocenters. The number of piperidine rings is 1. The van der Waals surface area contributed by atoms with Crippen LogP contribution in [0.2, 0.25) is 0 Å². The van der Waals surface area contributed by atoms with Crippen LogP contribution in [0.1, 0.15) is 71.6 Å². The molecule has 2 aromatic rings. The van der Waals surface area contributed by atoms with E-state index in [4.69, 9.17) is 4.74 Å². The maximum atomic E-state index is 14.6. The number of ether oxygens (including phenoxy) is 1. The summed E-state index contributed by atoms with van der Waals surface area (Å²) in [7, 11) is 0. The Morgan fingerprint density at radius 3 is 2.36 bits per heavy atom. The molecule has 3 aliphatic heterocycles. The highest BCUT2D eigenvalue weighted by molar-refractivity contribution is 5.87. The number of phenolic OH excluding ortho intramolecular Hbond substituents is 2. The van der Waals surface area contributed by atoms with Gasteiger partial charge in [0.25, 0.3) is 0 Å². The van der Waals surface area contributed by atoms with E-state index < -0.39 is 17.7 Å². The number of fused-ring (bicyclic) bond motifs is 2. The summed E-state index contributed by atoms with van der Waals surface area (Å²) < 4.78 is 5.77. The van der Waals surface area contributed by atoms with E-state index >= 15 is 0 Å². The second-order valence-corrected chi connectivity index (χ2v) is 14.3. The van der Waals surface area contributed by atoms with Gasteiger partial charge >= 0.3 is 6.09 Å². The Morgan fingerprint density at radius 1 is 0.976 bits per heavy atom. The van der Waals surface area contributed by atoms with Crippen molar-refractivity contribution in [3.63, 3.8) is 0 Å². The Balaban J connectivity index is 1.46. The number of benzene rings is 2. The fourth-order valence-electron chi connectivity index (χ4n) is 7.21. The molecule has 5 rings (SSSR count). The van der Waals surface area contributed by atoms with Crippen LogP contribution in [-0.2, 0) is 27.9 Å². The molecule has 3 aliphatic rings. The highest BCUT2D eigenvalue weighted by Gasteiger charge is 2.49. The van der Waals surface area contributed by atoms with E-state index in [0.717, 1.165) is 36.2 Å². The molecule has 2 fully saturated rings. The maximum absolute atomic E-state index is 14.6. The summed E-state index contributed by atoms with van der Waals surface area (Å²) in [5.41, 5.74) is 2.08. The van der Waals surface area contributed by atoms with E-state index in [2.05, 4.69) is 38.7 Å². The minimum atomic E-state index is -0.703. The number of rotatable bonds is 3. The SMILES string of the molecule is CC(C)[C@H]1CN2C[C@H](C)[C@](C)(c3cccc(O)c3)C[C@@H]2CN1C(=O)[C@H]1Cc2ccc(O)cc2CN1C(=O)OC(C)(C)C. The number of aromatic hydroxyl groups is 2. The van der Waals surface area contributed by atoms with Gasteiger partial charge in [-0.2, -0.15) is 0 Å². The van der Waals surface area contributed by atoms with Crippen molar-refractivity contribution < 1.29 is 24.5 Å². The van der Waals surface area contributed by atoms with Gasteiger partial charge in [-0.05, 0) is 85.4 Å². The molecule has 0 unspecified atom stereocenters. The largest absolute Gasteiger partial charge is 0.508 e. The third-order valence-electron chi connectivity index (χ3n) is 9.79. The number of hydrogen-bond acceptors (Lipinski definition) is 6. The molecule has 2 saturated heterocycles. The van der Waals surface area contributed by atoms with Crippen molar-refractivity contribution in [3.05, 3.63) is 59.2 Å². The van der Waals surface area contributed by atoms with Crippen LogP contribution < -0.4 is 0 Å². The van der Waals surface area contributed by atoms with Crippen LogP contribution in [0.5, 0.6) is 11.5 Å². The Bertz CT molecular complexity index is 1340. The first-order valence-corrected chi connectivity index (χ1v) is 15.3. The summed E-state index contributed by atoms with van der Waals surface area (Å²) in [6.45, 7) is 16.9. The topological polar surface area (TPSA) is 93.5 Å². The smallest absolute Gasteiger partial charge is 0.411 e. The maximum Gasteiger partial charge on any atom is 0.411 e. The first-order valence-electron chi connectivity index (χ1n) is 15.3. The fourth-order valence-corrected chi connectivity index (χ4v) is 7.21. The predicted octanol–water partition coefficient (Wildman–Crippen LogP) is 5.29. The van der Waals surface area contributed by atoms with Crippen LogP contribution in [0.4, 0.5) is 4.79 Å². The van der Waals surface area contributed by atoms with Gasteiger partial charge in [-0.3, -0.25) is 14.6 Å². The van der Waals surface area contributed by atoms with Gasteiger partial charge in [0.1, 0.15) is 23.1 Å². The van der Waals surface area contributed by atoms with Gasteiger partial charge in [-0.1, -0.05) is 45.9 Å². The van der Waals surface area contributed by atoms with E-state index in [-0.39, 0.29) is 47.4 Å². The van der Waals surface area contributed by atoms with Crippen molar-refractivity contribution in [2.45, 2.75) is 97.0 Å². The molecule has 3 heterocycles. The average molecular weight is 578 g/mol.